The van der Waals surface area contributed by atoms with Gasteiger partial charge in [0.1, 0.15) is 6.04 Å². The number of aliphatic carboxylic acids is 1. The van der Waals surface area contributed by atoms with E-state index in [2.05, 4.69) is 21.2 Å². The van der Waals surface area contributed by atoms with E-state index < -0.39 is 12.0 Å². The standard InChI is InChI=1S/C14H18BrClN2O3/c1-9(14(20)21)18(6-5-17-10(2)19)8-11-3-4-13(16)12(15)7-11/h3-4,7,9H,5-6,8H2,1-2H3,(H,17,19)(H,20,21). The average Bonchev–Trinajstić information content (AvgIpc) is 2.40. The number of rotatable bonds is 7. The number of hydrogen-bond acceptors (Lipinski definition) is 3. The number of benzene rings is 1. The first-order valence-electron chi connectivity index (χ1n) is 6.46. The summed E-state index contributed by atoms with van der Waals surface area (Å²) in [5, 5.41) is 12.5. The van der Waals surface area contributed by atoms with Gasteiger partial charge in [-0.1, -0.05) is 17.7 Å². The number of nitrogens with one attached hydrogen (secondary N) is 1. The molecule has 7 heteroatoms. The van der Waals surface area contributed by atoms with Crippen molar-refractivity contribution >= 4 is 39.4 Å². The van der Waals surface area contributed by atoms with Gasteiger partial charge < -0.3 is 10.4 Å². The van der Waals surface area contributed by atoms with Gasteiger partial charge in [0.15, 0.2) is 0 Å². The van der Waals surface area contributed by atoms with Crippen molar-refractivity contribution in [1.82, 2.24) is 10.2 Å². The van der Waals surface area contributed by atoms with Gasteiger partial charge in [0.25, 0.3) is 0 Å². The van der Waals surface area contributed by atoms with Crippen LogP contribution in [0, 0.1) is 0 Å². The SMILES string of the molecule is CC(=O)NCCN(Cc1ccc(Cl)c(Br)c1)C(C)C(=O)O. The third kappa shape index (κ3) is 6.03. The maximum atomic E-state index is 11.2. The summed E-state index contributed by atoms with van der Waals surface area (Å²) in [5.74, 6) is -1.03. The summed E-state index contributed by atoms with van der Waals surface area (Å²) in [7, 11) is 0. The molecule has 0 aromatic heterocycles. The zero-order valence-corrected chi connectivity index (χ0v) is 14.2. The van der Waals surface area contributed by atoms with Crippen LogP contribution in [0.4, 0.5) is 0 Å². The number of carbonyl (C=O) groups is 2. The van der Waals surface area contributed by atoms with Crippen LogP contribution in [0.3, 0.4) is 0 Å². The Morgan fingerprint density at radius 3 is 2.67 bits per heavy atom. The zero-order valence-electron chi connectivity index (χ0n) is 11.9. The molecule has 1 rings (SSSR count). The molecule has 116 valence electrons. The molecule has 0 aliphatic rings. The van der Waals surface area contributed by atoms with E-state index in [0.717, 1.165) is 10.0 Å². The summed E-state index contributed by atoms with van der Waals surface area (Å²) >= 11 is 9.30. The van der Waals surface area contributed by atoms with E-state index in [-0.39, 0.29) is 5.91 Å². The minimum atomic E-state index is -0.897. The highest BCUT2D eigenvalue weighted by atomic mass is 79.9. The highest BCUT2D eigenvalue weighted by molar-refractivity contribution is 9.10. The second-order valence-corrected chi connectivity index (χ2v) is 5.98. The molecule has 0 fully saturated rings. The fourth-order valence-electron chi connectivity index (χ4n) is 1.81. The van der Waals surface area contributed by atoms with Gasteiger partial charge in [-0.05, 0) is 40.5 Å². The minimum absolute atomic E-state index is 0.132. The number of carboxylic acids is 1. The van der Waals surface area contributed by atoms with Crippen LogP contribution in [0.15, 0.2) is 22.7 Å². The van der Waals surface area contributed by atoms with Crippen molar-refractivity contribution in [2.45, 2.75) is 26.4 Å². The highest BCUT2D eigenvalue weighted by Gasteiger charge is 2.20. The van der Waals surface area contributed by atoms with E-state index in [9.17, 15) is 14.7 Å². The lowest BCUT2D eigenvalue weighted by Crippen LogP contribution is -2.42. The summed E-state index contributed by atoms with van der Waals surface area (Å²) < 4.78 is 0.770. The molecule has 5 nitrogen and oxygen atoms in total. The number of amides is 1. The lowest BCUT2D eigenvalue weighted by molar-refractivity contribution is -0.142. The fraction of sp³-hybridized carbons (Fsp3) is 0.429. The lowest BCUT2D eigenvalue weighted by Gasteiger charge is -2.26. The van der Waals surface area contributed by atoms with Gasteiger partial charge in [0, 0.05) is 31.0 Å². The van der Waals surface area contributed by atoms with Gasteiger partial charge >= 0.3 is 5.97 Å². The third-order valence-corrected chi connectivity index (χ3v) is 4.26. The van der Waals surface area contributed by atoms with E-state index in [1.807, 2.05) is 12.1 Å². The molecule has 1 amide bonds. The van der Waals surface area contributed by atoms with Gasteiger partial charge in [-0.25, -0.2) is 0 Å². The van der Waals surface area contributed by atoms with Crippen molar-refractivity contribution in [2.24, 2.45) is 0 Å². The molecule has 0 radical (unpaired) electrons. The van der Waals surface area contributed by atoms with Crippen molar-refractivity contribution in [1.29, 1.82) is 0 Å². The van der Waals surface area contributed by atoms with E-state index in [1.165, 1.54) is 6.92 Å². The maximum absolute atomic E-state index is 11.2. The summed E-state index contributed by atoms with van der Waals surface area (Å²) in [6.45, 7) is 4.38. The number of carboxylic acid groups (broad SMARTS) is 1. The first-order valence-corrected chi connectivity index (χ1v) is 7.63. The maximum Gasteiger partial charge on any atom is 0.320 e. The normalized spacial score (nSPS) is 12.2. The quantitative estimate of drug-likeness (QED) is 0.766. The molecule has 0 aliphatic heterocycles. The molecule has 0 aliphatic carbocycles. The Morgan fingerprint density at radius 2 is 2.14 bits per heavy atom. The molecule has 1 aromatic carbocycles. The van der Waals surface area contributed by atoms with Gasteiger partial charge in [0.2, 0.25) is 5.91 Å². The van der Waals surface area contributed by atoms with E-state index in [1.54, 1.807) is 17.9 Å². The van der Waals surface area contributed by atoms with Crippen molar-refractivity contribution in [3.63, 3.8) is 0 Å². The molecule has 21 heavy (non-hydrogen) atoms. The molecule has 1 unspecified atom stereocenters. The topological polar surface area (TPSA) is 69.6 Å². The van der Waals surface area contributed by atoms with Crippen LogP contribution in [-0.2, 0) is 16.1 Å². The molecule has 0 spiro atoms. The minimum Gasteiger partial charge on any atom is -0.480 e. The van der Waals surface area contributed by atoms with Crippen LogP contribution in [0.2, 0.25) is 5.02 Å². The second kappa shape index (κ2) is 8.36. The van der Waals surface area contributed by atoms with Crippen molar-refractivity contribution in [3.8, 4) is 0 Å². The van der Waals surface area contributed by atoms with Crippen molar-refractivity contribution < 1.29 is 14.7 Å². The van der Waals surface area contributed by atoms with Gasteiger partial charge in [-0.2, -0.15) is 0 Å². The van der Waals surface area contributed by atoms with Crippen LogP contribution in [0.1, 0.15) is 19.4 Å². The van der Waals surface area contributed by atoms with Crippen LogP contribution in [0.25, 0.3) is 0 Å². The highest BCUT2D eigenvalue weighted by Crippen LogP contribution is 2.24. The summed E-state index contributed by atoms with van der Waals surface area (Å²) in [5.41, 5.74) is 0.946. The summed E-state index contributed by atoms with van der Waals surface area (Å²) in [6.07, 6.45) is 0. The second-order valence-electron chi connectivity index (χ2n) is 4.72. The Labute approximate surface area is 137 Å². The monoisotopic (exact) mass is 376 g/mol. The molecule has 1 atom stereocenters. The third-order valence-electron chi connectivity index (χ3n) is 3.05. The Hall–Kier alpha value is -1.11. The predicted octanol–water partition coefficient (Wildman–Crippen LogP) is 2.51. The first-order chi connectivity index (χ1) is 9.81. The van der Waals surface area contributed by atoms with Crippen molar-refractivity contribution in [2.75, 3.05) is 13.1 Å². The van der Waals surface area contributed by atoms with Gasteiger partial charge in [0.05, 0.1) is 5.02 Å². The van der Waals surface area contributed by atoms with Crippen LogP contribution in [-0.4, -0.2) is 41.0 Å². The van der Waals surface area contributed by atoms with E-state index in [4.69, 9.17) is 11.6 Å². The number of hydrogen-bond donors (Lipinski definition) is 2. The zero-order chi connectivity index (χ0) is 16.0. The predicted molar refractivity (Wildman–Crippen MR) is 85.3 cm³/mol. The fourth-order valence-corrected chi connectivity index (χ4v) is 2.36. The Bertz CT molecular complexity index is 525. The molecule has 1 aromatic rings. The van der Waals surface area contributed by atoms with Crippen LogP contribution in [0.5, 0.6) is 0 Å². The molecule has 0 saturated carbocycles. The molecular formula is C14H18BrClN2O3. The molecular weight excluding hydrogens is 360 g/mol. The molecule has 0 heterocycles. The Balaban J connectivity index is 2.77. The summed E-state index contributed by atoms with van der Waals surface area (Å²) in [4.78, 5) is 23.9. The average molecular weight is 378 g/mol. The first kappa shape index (κ1) is 17.9. The molecule has 0 saturated heterocycles. The number of nitrogens with zero attached hydrogens (tertiary/aromatic N) is 1. The number of carbonyl (C=O) groups excluding carboxylic acids is 1. The smallest absolute Gasteiger partial charge is 0.320 e. The lowest BCUT2D eigenvalue weighted by atomic mass is 10.2. The largest absolute Gasteiger partial charge is 0.480 e. The Morgan fingerprint density at radius 1 is 1.48 bits per heavy atom. The molecule has 0 bridgehead atoms. The van der Waals surface area contributed by atoms with Crippen molar-refractivity contribution in [3.05, 3.63) is 33.3 Å². The van der Waals surface area contributed by atoms with Gasteiger partial charge in [-0.3, -0.25) is 14.5 Å². The Kier molecular flexibility index (Phi) is 7.14. The van der Waals surface area contributed by atoms with E-state index >= 15 is 0 Å². The molecule has 2 N–H and O–H groups in total. The van der Waals surface area contributed by atoms with Crippen LogP contribution >= 0.6 is 27.5 Å². The summed E-state index contributed by atoms with van der Waals surface area (Å²) in [6, 6.07) is 4.83. The van der Waals surface area contributed by atoms with E-state index in [0.29, 0.717) is 24.7 Å². The van der Waals surface area contributed by atoms with Crippen LogP contribution < -0.4 is 5.32 Å². The van der Waals surface area contributed by atoms with Gasteiger partial charge in [-0.15, -0.1) is 0 Å². The number of halogens is 2.